The van der Waals surface area contributed by atoms with Crippen molar-refractivity contribution in [1.82, 2.24) is 10.6 Å². The molecule has 1 aromatic rings. The molecule has 23 heavy (non-hydrogen) atoms. The lowest BCUT2D eigenvalue weighted by Crippen LogP contribution is -2.48. The van der Waals surface area contributed by atoms with Crippen molar-refractivity contribution < 1.29 is 19.1 Å². The second-order valence-corrected chi connectivity index (χ2v) is 5.22. The van der Waals surface area contributed by atoms with Gasteiger partial charge in [-0.1, -0.05) is 18.2 Å². The van der Waals surface area contributed by atoms with Gasteiger partial charge in [0.2, 0.25) is 5.91 Å². The maximum Gasteiger partial charge on any atom is 0.328 e. The average Bonchev–Trinajstić information content (AvgIpc) is 2.97. The van der Waals surface area contributed by atoms with Crippen LogP contribution in [0.15, 0.2) is 24.3 Å². The molecule has 0 saturated heterocycles. The number of anilines is 1. The summed E-state index contributed by atoms with van der Waals surface area (Å²) >= 11 is 0. The van der Waals surface area contributed by atoms with Crippen molar-refractivity contribution in [3.63, 3.8) is 0 Å². The molecule has 2 N–H and O–H groups in total. The number of esters is 1. The van der Waals surface area contributed by atoms with Crippen LogP contribution in [0.4, 0.5) is 10.5 Å². The second kappa shape index (κ2) is 7.62. The van der Waals surface area contributed by atoms with Crippen molar-refractivity contribution in [2.75, 3.05) is 24.6 Å². The molecule has 0 aromatic heterocycles. The summed E-state index contributed by atoms with van der Waals surface area (Å²) in [7, 11) is 0. The highest BCUT2D eigenvalue weighted by Gasteiger charge is 2.24. The minimum atomic E-state index is -0.766. The molecule has 1 heterocycles. The first kappa shape index (κ1) is 16.8. The number of benzene rings is 1. The van der Waals surface area contributed by atoms with Gasteiger partial charge < -0.3 is 20.3 Å². The standard InChI is InChI=1S/C16H21N3O4/c1-3-23-15(21)11(2)18-16(22)17-10-14(20)19-9-8-12-6-4-5-7-13(12)19/h4-7,11H,3,8-10H2,1-2H3,(H2,17,18,22). The number of amides is 3. The van der Waals surface area contributed by atoms with Crippen LogP contribution < -0.4 is 15.5 Å². The average molecular weight is 319 g/mol. The minimum absolute atomic E-state index is 0.129. The Hall–Kier alpha value is -2.57. The molecule has 0 spiro atoms. The number of hydrogen-bond acceptors (Lipinski definition) is 4. The summed E-state index contributed by atoms with van der Waals surface area (Å²) in [6.07, 6.45) is 0.813. The Labute approximate surface area is 135 Å². The van der Waals surface area contributed by atoms with Crippen molar-refractivity contribution in [3.8, 4) is 0 Å². The third kappa shape index (κ3) is 4.21. The second-order valence-electron chi connectivity index (χ2n) is 5.22. The third-order valence-corrected chi connectivity index (χ3v) is 3.58. The van der Waals surface area contributed by atoms with Gasteiger partial charge in [-0.2, -0.15) is 0 Å². The Morgan fingerprint density at radius 3 is 2.78 bits per heavy atom. The number of urea groups is 1. The molecule has 2 rings (SSSR count). The summed E-state index contributed by atoms with van der Waals surface area (Å²) in [5.74, 6) is -0.698. The van der Waals surface area contributed by atoms with Crippen LogP contribution in [0.2, 0.25) is 0 Å². The number of nitrogens with one attached hydrogen (secondary N) is 2. The predicted molar refractivity (Wildman–Crippen MR) is 85.1 cm³/mol. The van der Waals surface area contributed by atoms with E-state index in [-0.39, 0.29) is 19.1 Å². The fourth-order valence-corrected chi connectivity index (χ4v) is 2.42. The Kier molecular flexibility index (Phi) is 5.56. The zero-order valence-electron chi connectivity index (χ0n) is 13.3. The van der Waals surface area contributed by atoms with E-state index in [0.29, 0.717) is 6.54 Å². The molecule has 1 atom stereocenters. The van der Waals surface area contributed by atoms with E-state index in [9.17, 15) is 14.4 Å². The highest BCUT2D eigenvalue weighted by molar-refractivity contribution is 5.98. The van der Waals surface area contributed by atoms with Gasteiger partial charge in [0.25, 0.3) is 0 Å². The molecule has 3 amide bonds. The number of fused-ring (bicyclic) bond motifs is 1. The summed E-state index contributed by atoms with van der Waals surface area (Å²) in [5.41, 5.74) is 2.01. The molecule has 0 aliphatic carbocycles. The number of para-hydroxylation sites is 1. The maximum absolute atomic E-state index is 12.2. The Morgan fingerprint density at radius 1 is 1.30 bits per heavy atom. The largest absolute Gasteiger partial charge is 0.464 e. The topological polar surface area (TPSA) is 87.7 Å². The van der Waals surface area contributed by atoms with E-state index < -0.39 is 18.0 Å². The Morgan fingerprint density at radius 2 is 2.04 bits per heavy atom. The fraction of sp³-hybridized carbons (Fsp3) is 0.438. The molecule has 7 heteroatoms. The fourth-order valence-electron chi connectivity index (χ4n) is 2.42. The summed E-state index contributed by atoms with van der Waals surface area (Å²) in [4.78, 5) is 37.0. The van der Waals surface area contributed by atoms with E-state index in [4.69, 9.17) is 4.74 Å². The van der Waals surface area contributed by atoms with Gasteiger partial charge in [0, 0.05) is 12.2 Å². The van der Waals surface area contributed by atoms with Gasteiger partial charge in [0.15, 0.2) is 0 Å². The molecular weight excluding hydrogens is 298 g/mol. The van der Waals surface area contributed by atoms with Crippen LogP contribution in [0.5, 0.6) is 0 Å². The monoisotopic (exact) mass is 319 g/mol. The van der Waals surface area contributed by atoms with Gasteiger partial charge in [-0.15, -0.1) is 0 Å². The van der Waals surface area contributed by atoms with E-state index >= 15 is 0 Å². The summed E-state index contributed by atoms with van der Waals surface area (Å²) in [6.45, 7) is 3.95. The van der Waals surface area contributed by atoms with Gasteiger partial charge >= 0.3 is 12.0 Å². The van der Waals surface area contributed by atoms with Crippen LogP contribution >= 0.6 is 0 Å². The van der Waals surface area contributed by atoms with Crippen molar-refractivity contribution in [2.45, 2.75) is 26.3 Å². The number of rotatable bonds is 5. The molecule has 1 unspecified atom stereocenters. The highest BCUT2D eigenvalue weighted by Crippen LogP contribution is 2.27. The number of nitrogens with zero attached hydrogens (tertiary/aromatic N) is 1. The van der Waals surface area contributed by atoms with Gasteiger partial charge in [0.1, 0.15) is 6.04 Å². The number of hydrogen-bond donors (Lipinski definition) is 2. The van der Waals surface area contributed by atoms with Crippen LogP contribution in [0.1, 0.15) is 19.4 Å². The number of carbonyl (C=O) groups excluding carboxylic acids is 3. The molecule has 1 aromatic carbocycles. The van der Waals surface area contributed by atoms with Crippen LogP contribution in [-0.4, -0.2) is 43.6 Å². The van der Waals surface area contributed by atoms with Gasteiger partial charge in [-0.25, -0.2) is 9.59 Å². The number of ether oxygens (including phenoxy) is 1. The molecule has 0 radical (unpaired) electrons. The van der Waals surface area contributed by atoms with Crippen LogP contribution in [-0.2, 0) is 20.7 Å². The lowest BCUT2D eigenvalue weighted by Gasteiger charge is -2.18. The first-order valence-electron chi connectivity index (χ1n) is 7.62. The molecule has 1 aliphatic heterocycles. The molecule has 0 saturated carbocycles. The molecule has 7 nitrogen and oxygen atoms in total. The lowest BCUT2D eigenvalue weighted by atomic mass is 10.2. The van der Waals surface area contributed by atoms with Crippen molar-refractivity contribution >= 4 is 23.6 Å². The van der Waals surface area contributed by atoms with Crippen molar-refractivity contribution in [2.24, 2.45) is 0 Å². The molecular formula is C16H21N3O4. The van der Waals surface area contributed by atoms with Crippen LogP contribution in [0.3, 0.4) is 0 Å². The van der Waals surface area contributed by atoms with Gasteiger partial charge in [-0.3, -0.25) is 4.79 Å². The van der Waals surface area contributed by atoms with E-state index in [2.05, 4.69) is 10.6 Å². The Balaban J connectivity index is 1.81. The SMILES string of the molecule is CCOC(=O)C(C)NC(=O)NCC(=O)N1CCc2ccccc21. The highest BCUT2D eigenvalue weighted by atomic mass is 16.5. The zero-order valence-corrected chi connectivity index (χ0v) is 13.3. The third-order valence-electron chi connectivity index (χ3n) is 3.58. The van der Waals surface area contributed by atoms with E-state index in [0.717, 1.165) is 17.7 Å². The van der Waals surface area contributed by atoms with Gasteiger partial charge in [-0.05, 0) is 31.9 Å². The molecule has 124 valence electrons. The maximum atomic E-state index is 12.2. The smallest absolute Gasteiger partial charge is 0.328 e. The minimum Gasteiger partial charge on any atom is -0.464 e. The van der Waals surface area contributed by atoms with Gasteiger partial charge in [0.05, 0.1) is 13.2 Å². The quantitative estimate of drug-likeness (QED) is 0.787. The van der Waals surface area contributed by atoms with Crippen LogP contribution in [0, 0.1) is 0 Å². The summed E-state index contributed by atoms with van der Waals surface area (Å²) in [5, 5.41) is 4.90. The van der Waals surface area contributed by atoms with E-state index in [1.165, 1.54) is 6.92 Å². The van der Waals surface area contributed by atoms with Crippen molar-refractivity contribution in [3.05, 3.63) is 29.8 Å². The van der Waals surface area contributed by atoms with E-state index in [1.54, 1.807) is 11.8 Å². The van der Waals surface area contributed by atoms with Crippen molar-refractivity contribution in [1.29, 1.82) is 0 Å². The first-order valence-corrected chi connectivity index (χ1v) is 7.62. The zero-order chi connectivity index (χ0) is 16.8. The summed E-state index contributed by atoms with van der Waals surface area (Å²) in [6, 6.07) is 6.36. The predicted octanol–water partition coefficient (Wildman–Crippen LogP) is 0.827. The lowest BCUT2D eigenvalue weighted by molar-refractivity contribution is -0.144. The molecule has 1 aliphatic rings. The Bertz CT molecular complexity index is 603. The number of carbonyl (C=O) groups is 3. The van der Waals surface area contributed by atoms with Crippen LogP contribution in [0.25, 0.3) is 0 Å². The first-order chi connectivity index (χ1) is 11.0. The van der Waals surface area contributed by atoms with E-state index in [1.807, 2.05) is 24.3 Å². The molecule has 0 bridgehead atoms. The normalized spacial score (nSPS) is 13.9. The molecule has 0 fully saturated rings. The summed E-state index contributed by atoms with van der Waals surface area (Å²) < 4.78 is 4.79.